The highest BCUT2D eigenvalue weighted by molar-refractivity contribution is 7.71. The highest BCUT2D eigenvalue weighted by Crippen LogP contribution is 2.23. The summed E-state index contributed by atoms with van der Waals surface area (Å²) in [7, 11) is 0. The smallest absolute Gasteiger partial charge is 0.225 e. The highest BCUT2D eigenvalue weighted by atomic mass is 32.1. The molecule has 112 valence electrons. The number of anilines is 1. The van der Waals surface area contributed by atoms with Crippen LogP contribution in [0, 0.1) is 10.7 Å². The van der Waals surface area contributed by atoms with Crippen molar-refractivity contribution in [1.82, 2.24) is 19.7 Å². The molecule has 2 aliphatic rings. The van der Waals surface area contributed by atoms with Crippen molar-refractivity contribution in [1.29, 1.82) is 0 Å². The van der Waals surface area contributed by atoms with E-state index >= 15 is 0 Å². The van der Waals surface area contributed by atoms with Crippen molar-refractivity contribution in [2.24, 2.45) is 5.92 Å². The first kappa shape index (κ1) is 14.1. The molecule has 6 heteroatoms. The summed E-state index contributed by atoms with van der Waals surface area (Å²) in [5, 5.41) is 7.32. The van der Waals surface area contributed by atoms with Gasteiger partial charge in [-0.25, -0.2) is 5.10 Å². The Balaban J connectivity index is 1.56. The topological polar surface area (TPSA) is 40.1 Å². The van der Waals surface area contributed by atoms with E-state index in [1.807, 2.05) is 0 Å². The first-order valence-electron chi connectivity index (χ1n) is 7.90. The van der Waals surface area contributed by atoms with Crippen LogP contribution in [0.2, 0.25) is 0 Å². The molecule has 2 aliphatic heterocycles. The predicted molar refractivity (Wildman–Crippen MR) is 83.7 cm³/mol. The van der Waals surface area contributed by atoms with Gasteiger partial charge in [-0.15, -0.1) is 5.10 Å². The van der Waals surface area contributed by atoms with Gasteiger partial charge in [-0.1, -0.05) is 0 Å². The van der Waals surface area contributed by atoms with Crippen LogP contribution in [0.5, 0.6) is 0 Å². The number of nitrogens with one attached hydrogen (secondary N) is 1. The Bertz CT molecular complexity index is 480. The number of nitrogens with zero attached hydrogens (tertiary/aromatic N) is 4. The first-order chi connectivity index (χ1) is 9.78. The number of H-pyrrole nitrogens is 1. The zero-order chi connectivity index (χ0) is 13.9. The summed E-state index contributed by atoms with van der Waals surface area (Å²) in [6, 6.07) is 0. The Kier molecular flexibility index (Phi) is 4.41. The maximum atomic E-state index is 5.27. The molecule has 0 aromatic carbocycles. The molecule has 0 atom stereocenters. The normalized spacial score (nSPS) is 21.8. The van der Waals surface area contributed by atoms with Gasteiger partial charge in [0.25, 0.3) is 0 Å². The number of rotatable bonds is 4. The number of likely N-dealkylation sites (tertiary alicyclic amines) is 1. The van der Waals surface area contributed by atoms with E-state index in [0.29, 0.717) is 0 Å². The molecule has 0 bridgehead atoms. The molecule has 0 aliphatic carbocycles. The van der Waals surface area contributed by atoms with E-state index in [0.717, 1.165) is 36.3 Å². The molecule has 3 rings (SSSR count). The molecule has 5 nitrogen and oxygen atoms in total. The lowest BCUT2D eigenvalue weighted by molar-refractivity contribution is 0.248. The Morgan fingerprint density at radius 2 is 1.90 bits per heavy atom. The van der Waals surface area contributed by atoms with E-state index in [1.54, 1.807) is 0 Å². The zero-order valence-electron chi connectivity index (χ0n) is 12.3. The second-order valence-electron chi connectivity index (χ2n) is 6.01. The molecule has 3 heterocycles. The van der Waals surface area contributed by atoms with Crippen molar-refractivity contribution in [3.8, 4) is 0 Å². The van der Waals surface area contributed by atoms with E-state index in [2.05, 4.69) is 31.5 Å². The molecule has 2 saturated heterocycles. The fraction of sp³-hybridized carbons (Fsp3) is 0.857. The zero-order valence-corrected chi connectivity index (χ0v) is 13.2. The van der Waals surface area contributed by atoms with Crippen molar-refractivity contribution in [2.45, 2.75) is 39.2 Å². The molecule has 0 radical (unpaired) electrons. The van der Waals surface area contributed by atoms with E-state index in [-0.39, 0.29) is 0 Å². The number of piperidine rings is 1. The van der Waals surface area contributed by atoms with E-state index in [4.69, 9.17) is 12.2 Å². The lowest BCUT2D eigenvalue weighted by Crippen LogP contribution is -2.39. The van der Waals surface area contributed by atoms with E-state index in [1.165, 1.54) is 45.3 Å². The molecule has 20 heavy (non-hydrogen) atoms. The van der Waals surface area contributed by atoms with Gasteiger partial charge >= 0.3 is 0 Å². The Hall–Kier alpha value is -0.880. The van der Waals surface area contributed by atoms with Crippen molar-refractivity contribution in [3.63, 3.8) is 0 Å². The van der Waals surface area contributed by atoms with Gasteiger partial charge < -0.3 is 9.80 Å². The Morgan fingerprint density at radius 3 is 2.55 bits per heavy atom. The van der Waals surface area contributed by atoms with E-state index in [9.17, 15) is 0 Å². The third-order valence-electron chi connectivity index (χ3n) is 4.67. The molecule has 0 spiro atoms. The van der Waals surface area contributed by atoms with Crippen molar-refractivity contribution < 1.29 is 0 Å². The molecule has 0 unspecified atom stereocenters. The van der Waals surface area contributed by atoms with Crippen LogP contribution in [0.1, 0.15) is 32.6 Å². The molecule has 0 amide bonds. The number of aromatic amines is 1. The summed E-state index contributed by atoms with van der Waals surface area (Å²) >= 11 is 5.27. The summed E-state index contributed by atoms with van der Waals surface area (Å²) in [5.74, 6) is 1.89. The van der Waals surface area contributed by atoms with Crippen molar-refractivity contribution in [2.75, 3.05) is 37.6 Å². The van der Waals surface area contributed by atoms with Crippen LogP contribution < -0.4 is 4.90 Å². The lowest BCUT2D eigenvalue weighted by atomic mass is 9.96. The average Bonchev–Trinajstić information content (AvgIpc) is 3.09. The van der Waals surface area contributed by atoms with Crippen molar-refractivity contribution in [3.05, 3.63) is 4.77 Å². The summed E-state index contributed by atoms with van der Waals surface area (Å²) in [4.78, 5) is 5.03. The number of hydrogen-bond acceptors (Lipinski definition) is 4. The van der Waals surface area contributed by atoms with Crippen LogP contribution in [0.4, 0.5) is 5.95 Å². The summed E-state index contributed by atoms with van der Waals surface area (Å²) < 4.78 is 2.83. The highest BCUT2D eigenvalue weighted by Gasteiger charge is 2.24. The van der Waals surface area contributed by atoms with Crippen LogP contribution >= 0.6 is 12.2 Å². The van der Waals surface area contributed by atoms with Gasteiger partial charge in [0.2, 0.25) is 5.95 Å². The summed E-state index contributed by atoms with van der Waals surface area (Å²) in [6.45, 7) is 9.15. The van der Waals surface area contributed by atoms with Gasteiger partial charge in [-0.3, -0.25) is 4.57 Å². The van der Waals surface area contributed by atoms with Crippen LogP contribution in [0.3, 0.4) is 0 Å². The second-order valence-corrected chi connectivity index (χ2v) is 6.40. The number of aromatic nitrogens is 3. The van der Waals surface area contributed by atoms with Crippen LogP contribution in [-0.4, -0.2) is 52.4 Å². The third-order valence-corrected chi connectivity index (χ3v) is 4.98. The minimum absolute atomic E-state index is 0.738. The summed E-state index contributed by atoms with van der Waals surface area (Å²) in [5.41, 5.74) is 0. The van der Waals surface area contributed by atoms with Gasteiger partial charge in [0.15, 0.2) is 4.77 Å². The van der Waals surface area contributed by atoms with Crippen LogP contribution in [0.25, 0.3) is 0 Å². The quantitative estimate of drug-likeness (QED) is 0.865. The first-order valence-corrected chi connectivity index (χ1v) is 8.31. The van der Waals surface area contributed by atoms with Crippen LogP contribution in [-0.2, 0) is 6.54 Å². The predicted octanol–water partition coefficient (Wildman–Crippen LogP) is 2.27. The largest absolute Gasteiger partial charge is 0.341 e. The molecular weight excluding hydrogens is 270 g/mol. The Labute approximate surface area is 126 Å². The van der Waals surface area contributed by atoms with Crippen molar-refractivity contribution >= 4 is 18.2 Å². The molecule has 1 N–H and O–H groups in total. The standard InChI is InChI=1S/C14H25N5S/c1-2-19-13(15-16-14(19)20)18-9-5-12(6-10-18)11-17-7-3-4-8-17/h12H,2-11H2,1H3,(H,16,20). The molecule has 1 aromatic heterocycles. The van der Waals surface area contributed by atoms with Gasteiger partial charge in [0.1, 0.15) is 0 Å². The van der Waals surface area contributed by atoms with Gasteiger partial charge in [-0.05, 0) is 63.8 Å². The lowest BCUT2D eigenvalue weighted by Gasteiger charge is -2.34. The second kappa shape index (κ2) is 6.26. The van der Waals surface area contributed by atoms with Gasteiger partial charge in [0, 0.05) is 26.2 Å². The monoisotopic (exact) mass is 295 g/mol. The molecule has 1 aromatic rings. The fourth-order valence-electron chi connectivity index (χ4n) is 3.48. The Morgan fingerprint density at radius 1 is 1.20 bits per heavy atom. The SMILES string of the molecule is CCn1c(N2CCC(CN3CCCC3)CC2)n[nH]c1=S. The maximum absolute atomic E-state index is 5.27. The minimum atomic E-state index is 0.738. The number of hydrogen-bond donors (Lipinski definition) is 1. The third kappa shape index (κ3) is 2.91. The van der Waals surface area contributed by atoms with Gasteiger partial charge in [0.05, 0.1) is 0 Å². The molecule has 2 fully saturated rings. The van der Waals surface area contributed by atoms with Gasteiger partial charge in [-0.2, -0.15) is 0 Å². The minimum Gasteiger partial charge on any atom is -0.341 e. The molecule has 0 saturated carbocycles. The maximum Gasteiger partial charge on any atom is 0.225 e. The fourth-order valence-corrected chi connectivity index (χ4v) is 3.74. The van der Waals surface area contributed by atoms with E-state index < -0.39 is 0 Å². The molecular formula is C14H25N5S. The summed E-state index contributed by atoms with van der Waals surface area (Å²) in [6.07, 6.45) is 5.34. The van der Waals surface area contributed by atoms with Crippen LogP contribution in [0.15, 0.2) is 0 Å². The average molecular weight is 295 g/mol.